The molecule has 0 radical (unpaired) electrons. The largest absolute Gasteiger partial charge is 0.298 e. The molecular weight excluding hydrogens is 356 g/mol. The van der Waals surface area contributed by atoms with E-state index in [1.54, 1.807) is 30.3 Å². The maximum atomic E-state index is 12.9. The molecule has 0 aliphatic carbocycles. The van der Waals surface area contributed by atoms with E-state index in [-0.39, 0.29) is 10.7 Å². The SMILES string of the molecule is Cc1ccc(C=C2C(=O)NC(=S)N(c3ccc(Cl)cc3)C2=O)c(C)c1. The first-order chi connectivity index (χ1) is 11.9. The van der Waals surface area contributed by atoms with Crippen molar-refractivity contribution in [3.63, 3.8) is 0 Å². The predicted molar refractivity (Wildman–Crippen MR) is 104 cm³/mol. The fourth-order valence-electron chi connectivity index (χ4n) is 2.63. The van der Waals surface area contributed by atoms with Crippen molar-refractivity contribution in [2.24, 2.45) is 0 Å². The lowest BCUT2D eigenvalue weighted by atomic mass is 10.0. The van der Waals surface area contributed by atoms with E-state index in [9.17, 15) is 9.59 Å². The van der Waals surface area contributed by atoms with Gasteiger partial charge in [-0.05, 0) is 67.5 Å². The average Bonchev–Trinajstić information content (AvgIpc) is 2.55. The molecule has 0 saturated carbocycles. The Labute approximate surface area is 156 Å². The molecule has 126 valence electrons. The molecule has 1 heterocycles. The minimum atomic E-state index is -0.500. The molecule has 0 bridgehead atoms. The molecule has 4 nitrogen and oxygen atoms in total. The minimum Gasteiger partial charge on any atom is -0.298 e. The van der Waals surface area contributed by atoms with Gasteiger partial charge >= 0.3 is 0 Å². The van der Waals surface area contributed by atoms with E-state index in [0.29, 0.717) is 10.7 Å². The van der Waals surface area contributed by atoms with Gasteiger partial charge in [-0.3, -0.25) is 19.8 Å². The summed E-state index contributed by atoms with van der Waals surface area (Å²) in [5.41, 5.74) is 3.50. The number of hydrogen-bond acceptors (Lipinski definition) is 3. The van der Waals surface area contributed by atoms with Crippen LogP contribution in [0, 0.1) is 13.8 Å². The number of aryl methyl sites for hydroxylation is 2. The molecule has 0 spiro atoms. The molecule has 2 aromatic rings. The quantitative estimate of drug-likeness (QED) is 0.497. The Morgan fingerprint density at radius 2 is 1.76 bits per heavy atom. The van der Waals surface area contributed by atoms with Crippen LogP contribution in [0.25, 0.3) is 6.08 Å². The summed E-state index contributed by atoms with van der Waals surface area (Å²) in [5.74, 6) is -0.962. The predicted octanol–water partition coefficient (Wildman–Crippen LogP) is 3.79. The lowest BCUT2D eigenvalue weighted by Gasteiger charge is -2.29. The molecule has 6 heteroatoms. The summed E-state index contributed by atoms with van der Waals surface area (Å²) in [6.07, 6.45) is 1.59. The Bertz CT molecular complexity index is 920. The van der Waals surface area contributed by atoms with Crippen molar-refractivity contribution in [3.05, 3.63) is 69.8 Å². The van der Waals surface area contributed by atoms with E-state index >= 15 is 0 Å². The Morgan fingerprint density at radius 1 is 1.08 bits per heavy atom. The van der Waals surface area contributed by atoms with Gasteiger partial charge in [-0.25, -0.2) is 0 Å². The van der Waals surface area contributed by atoms with Gasteiger partial charge < -0.3 is 0 Å². The van der Waals surface area contributed by atoms with E-state index in [1.807, 2.05) is 32.0 Å². The molecule has 25 heavy (non-hydrogen) atoms. The normalized spacial score (nSPS) is 16.4. The Hall–Kier alpha value is -2.50. The lowest BCUT2D eigenvalue weighted by molar-refractivity contribution is -0.122. The monoisotopic (exact) mass is 370 g/mol. The number of rotatable bonds is 2. The molecule has 3 rings (SSSR count). The Morgan fingerprint density at radius 3 is 2.40 bits per heavy atom. The van der Waals surface area contributed by atoms with Crippen molar-refractivity contribution < 1.29 is 9.59 Å². The smallest absolute Gasteiger partial charge is 0.270 e. The molecule has 0 unspecified atom stereocenters. The number of halogens is 1. The molecule has 2 aromatic carbocycles. The van der Waals surface area contributed by atoms with Gasteiger partial charge in [-0.2, -0.15) is 0 Å². The fraction of sp³-hybridized carbons (Fsp3) is 0.105. The number of benzene rings is 2. The van der Waals surface area contributed by atoms with Gasteiger partial charge in [0, 0.05) is 5.02 Å². The molecule has 1 aliphatic heterocycles. The van der Waals surface area contributed by atoms with Crippen LogP contribution in [0.1, 0.15) is 16.7 Å². The summed E-state index contributed by atoms with van der Waals surface area (Å²) >= 11 is 11.1. The summed E-state index contributed by atoms with van der Waals surface area (Å²) in [5, 5.41) is 3.17. The van der Waals surface area contributed by atoms with Crippen LogP contribution in [0.3, 0.4) is 0 Å². The standard InChI is InChI=1S/C19H15ClN2O2S/c1-11-3-4-13(12(2)9-11)10-16-17(23)21-19(25)22(18(16)24)15-7-5-14(20)6-8-15/h3-10H,1-2H3,(H,21,23,25). The van der Waals surface area contributed by atoms with Crippen LogP contribution in [-0.2, 0) is 9.59 Å². The Balaban J connectivity index is 2.03. The number of amides is 2. The van der Waals surface area contributed by atoms with Gasteiger partial charge in [0.2, 0.25) is 0 Å². The number of carbonyl (C=O) groups excluding carboxylic acids is 2. The number of thiocarbonyl (C=S) groups is 1. The first-order valence-electron chi connectivity index (χ1n) is 7.61. The number of hydrogen-bond donors (Lipinski definition) is 1. The van der Waals surface area contributed by atoms with Gasteiger partial charge in [-0.15, -0.1) is 0 Å². The molecular formula is C19H15ClN2O2S. The Kier molecular flexibility index (Phi) is 4.70. The first-order valence-corrected chi connectivity index (χ1v) is 8.40. The van der Waals surface area contributed by atoms with E-state index < -0.39 is 11.8 Å². The summed E-state index contributed by atoms with van der Waals surface area (Å²) in [6, 6.07) is 12.5. The highest BCUT2D eigenvalue weighted by molar-refractivity contribution is 7.80. The van der Waals surface area contributed by atoms with E-state index in [4.69, 9.17) is 23.8 Å². The number of anilines is 1. The third-order valence-corrected chi connectivity index (χ3v) is 4.45. The van der Waals surface area contributed by atoms with Crippen molar-refractivity contribution in [3.8, 4) is 0 Å². The molecule has 1 saturated heterocycles. The highest BCUT2D eigenvalue weighted by Crippen LogP contribution is 2.24. The van der Waals surface area contributed by atoms with Crippen molar-refractivity contribution in [2.45, 2.75) is 13.8 Å². The fourth-order valence-corrected chi connectivity index (χ4v) is 3.03. The molecule has 0 aromatic heterocycles. The van der Waals surface area contributed by atoms with Crippen LogP contribution in [0.4, 0.5) is 5.69 Å². The second-order valence-corrected chi connectivity index (χ2v) is 6.62. The molecule has 2 amide bonds. The van der Waals surface area contributed by atoms with E-state index in [1.165, 1.54) is 4.90 Å². The maximum absolute atomic E-state index is 12.9. The highest BCUT2D eigenvalue weighted by Gasteiger charge is 2.34. The third kappa shape index (κ3) is 3.48. The number of carbonyl (C=O) groups is 2. The lowest BCUT2D eigenvalue weighted by Crippen LogP contribution is -2.54. The van der Waals surface area contributed by atoms with Crippen molar-refractivity contribution in [1.82, 2.24) is 5.32 Å². The van der Waals surface area contributed by atoms with Crippen LogP contribution in [0.2, 0.25) is 5.02 Å². The summed E-state index contributed by atoms with van der Waals surface area (Å²) < 4.78 is 0. The maximum Gasteiger partial charge on any atom is 0.270 e. The van der Waals surface area contributed by atoms with E-state index in [2.05, 4.69) is 5.32 Å². The van der Waals surface area contributed by atoms with Gasteiger partial charge in [0.05, 0.1) is 5.69 Å². The molecule has 1 N–H and O–H groups in total. The van der Waals surface area contributed by atoms with Crippen LogP contribution in [0.15, 0.2) is 48.0 Å². The number of nitrogens with zero attached hydrogens (tertiary/aromatic N) is 1. The van der Waals surface area contributed by atoms with Crippen molar-refractivity contribution in [2.75, 3.05) is 4.90 Å². The van der Waals surface area contributed by atoms with Gasteiger partial charge in [0.15, 0.2) is 5.11 Å². The van der Waals surface area contributed by atoms with Crippen LogP contribution >= 0.6 is 23.8 Å². The van der Waals surface area contributed by atoms with Gasteiger partial charge in [-0.1, -0.05) is 35.4 Å². The van der Waals surface area contributed by atoms with Gasteiger partial charge in [0.25, 0.3) is 11.8 Å². The summed E-state index contributed by atoms with van der Waals surface area (Å²) in [7, 11) is 0. The topological polar surface area (TPSA) is 49.4 Å². The molecule has 1 fully saturated rings. The summed E-state index contributed by atoms with van der Waals surface area (Å²) in [4.78, 5) is 26.5. The minimum absolute atomic E-state index is 0.0375. The van der Waals surface area contributed by atoms with Crippen molar-refractivity contribution in [1.29, 1.82) is 0 Å². The zero-order chi connectivity index (χ0) is 18.1. The van der Waals surface area contributed by atoms with Crippen LogP contribution < -0.4 is 10.2 Å². The third-order valence-electron chi connectivity index (χ3n) is 3.91. The highest BCUT2D eigenvalue weighted by atomic mass is 35.5. The second kappa shape index (κ2) is 6.78. The van der Waals surface area contributed by atoms with Crippen LogP contribution in [-0.4, -0.2) is 16.9 Å². The van der Waals surface area contributed by atoms with Crippen molar-refractivity contribution >= 4 is 52.5 Å². The second-order valence-electron chi connectivity index (χ2n) is 5.79. The summed E-state index contributed by atoms with van der Waals surface area (Å²) in [6.45, 7) is 3.93. The first kappa shape index (κ1) is 17.3. The molecule has 1 aliphatic rings. The van der Waals surface area contributed by atoms with Crippen LogP contribution in [0.5, 0.6) is 0 Å². The average molecular weight is 371 g/mol. The zero-order valence-corrected chi connectivity index (χ0v) is 15.2. The van der Waals surface area contributed by atoms with E-state index in [0.717, 1.165) is 16.7 Å². The molecule has 0 atom stereocenters. The van der Waals surface area contributed by atoms with Gasteiger partial charge in [0.1, 0.15) is 5.57 Å². The number of nitrogens with one attached hydrogen (secondary N) is 1. The zero-order valence-electron chi connectivity index (χ0n) is 13.7.